The molecule has 1 aromatic carbocycles. The van der Waals surface area contributed by atoms with E-state index in [-0.39, 0.29) is 5.96 Å². The molecule has 0 aliphatic heterocycles. The van der Waals surface area contributed by atoms with Gasteiger partial charge in [0, 0.05) is 12.7 Å². The van der Waals surface area contributed by atoms with Gasteiger partial charge in [0.1, 0.15) is 11.5 Å². The molecular formula is C18H22N6. The van der Waals surface area contributed by atoms with Crippen LogP contribution in [0.4, 0.5) is 11.5 Å². The van der Waals surface area contributed by atoms with E-state index in [4.69, 9.17) is 11.5 Å². The number of guanidine groups is 1. The molecule has 6 nitrogen and oxygen atoms in total. The molecule has 24 heavy (non-hydrogen) atoms. The van der Waals surface area contributed by atoms with Crippen LogP contribution < -0.4 is 16.8 Å². The number of aliphatic imine (C=N–C) groups is 1. The van der Waals surface area contributed by atoms with Gasteiger partial charge in [0.2, 0.25) is 0 Å². The van der Waals surface area contributed by atoms with Crippen LogP contribution in [0.3, 0.4) is 0 Å². The number of anilines is 1. The second-order valence-corrected chi connectivity index (χ2v) is 5.57. The van der Waals surface area contributed by atoms with Crippen LogP contribution in [0.1, 0.15) is 18.2 Å². The van der Waals surface area contributed by atoms with Gasteiger partial charge in [-0.1, -0.05) is 25.1 Å². The standard InChI is InChI=1S/C18H22N6/c1-2-15-17(24-12-4-3-5-16(24)23-15)21-11-10-13-6-8-14(9-7-13)22-18(19)20/h3-9,12,21H,2,10-11H2,1H3,(H4,19,20,22). The minimum Gasteiger partial charge on any atom is -0.370 e. The molecule has 0 unspecified atom stereocenters. The van der Waals surface area contributed by atoms with Gasteiger partial charge >= 0.3 is 0 Å². The fourth-order valence-electron chi connectivity index (χ4n) is 2.69. The number of aryl methyl sites for hydroxylation is 1. The summed E-state index contributed by atoms with van der Waals surface area (Å²) in [5, 5.41) is 3.52. The molecule has 124 valence electrons. The number of nitrogens with zero attached hydrogens (tertiary/aromatic N) is 3. The monoisotopic (exact) mass is 322 g/mol. The average molecular weight is 322 g/mol. The SMILES string of the molecule is CCc1nc2ccccn2c1NCCc1ccc(N=C(N)N)cc1. The van der Waals surface area contributed by atoms with Crippen LogP contribution in [0, 0.1) is 0 Å². The summed E-state index contributed by atoms with van der Waals surface area (Å²) in [5.41, 5.74) is 14.8. The summed E-state index contributed by atoms with van der Waals surface area (Å²) in [6.45, 7) is 2.95. The van der Waals surface area contributed by atoms with Crippen LogP contribution >= 0.6 is 0 Å². The molecule has 2 aromatic heterocycles. The number of nitrogens with one attached hydrogen (secondary N) is 1. The van der Waals surface area contributed by atoms with Gasteiger partial charge in [0.05, 0.1) is 11.4 Å². The fourth-order valence-corrected chi connectivity index (χ4v) is 2.69. The van der Waals surface area contributed by atoms with E-state index in [0.717, 1.165) is 42.2 Å². The molecule has 0 fully saturated rings. The maximum absolute atomic E-state index is 5.38. The molecule has 0 amide bonds. The number of hydrogen-bond acceptors (Lipinski definition) is 3. The van der Waals surface area contributed by atoms with Gasteiger partial charge in [0.25, 0.3) is 0 Å². The fraction of sp³-hybridized carbons (Fsp3) is 0.222. The van der Waals surface area contributed by atoms with Crippen molar-refractivity contribution >= 4 is 23.1 Å². The molecule has 0 saturated heterocycles. The van der Waals surface area contributed by atoms with Crippen LogP contribution in [-0.4, -0.2) is 21.9 Å². The summed E-state index contributed by atoms with van der Waals surface area (Å²) >= 11 is 0. The first-order valence-corrected chi connectivity index (χ1v) is 8.05. The van der Waals surface area contributed by atoms with E-state index in [9.17, 15) is 0 Å². The third-order valence-corrected chi connectivity index (χ3v) is 3.84. The third-order valence-electron chi connectivity index (χ3n) is 3.84. The van der Waals surface area contributed by atoms with E-state index in [0.29, 0.717) is 0 Å². The summed E-state index contributed by atoms with van der Waals surface area (Å²) in [7, 11) is 0. The first-order chi connectivity index (χ1) is 11.7. The Bertz CT molecular complexity index is 844. The minimum absolute atomic E-state index is 0.0733. The van der Waals surface area contributed by atoms with E-state index >= 15 is 0 Å². The lowest BCUT2D eigenvalue weighted by Crippen LogP contribution is -2.21. The molecule has 0 spiro atoms. The molecule has 0 saturated carbocycles. The molecule has 0 radical (unpaired) electrons. The van der Waals surface area contributed by atoms with Crippen LogP contribution in [0.15, 0.2) is 53.7 Å². The zero-order valence-corrected chi connectivity index (χ0v) is 13.7. The van der Waals surface area contributed by atoms with Crippen molar-refractivity contribution in [1.29, 1.82) is 0 Å². The number of hydrogen-bond donors (Lipinski definition) is 3. The number of pyridine rings is 1. The van der Waals surface area contributed by atoms with Crippen LogP contribution in [0.2, 0.25) is 0 Å². The zero-order chi connectivity index (χ0) is 16.9. The van der Waals surface area contributed by atoms with E-state index in [1.807, 2.05) is 48.7 Å². The van der Waals surface area contributed by atoms with Gasteiger partial charge in [-0.3, -0.25) is 4.40 Å². The Balaban J connectivity index is 1.67. The quantitative estimate of drug-likeness (QED) is 0.480. The van der Waals surface area contributed by atoms with Gasteiger partial charge in [-0.15, -0.1) is 0 Å². The summed E-state index contributed by atoms with van der Waals surface area (Å²) in [6, 6.07) is 14.0. The van der Waals surface area contributed by atoms with Crippen LogP contribution in [0.5, 0.6) is 0 Å². The highest BCUT2D eigenvalue weighted by Gasteiger charge is 2.09. The molecule has 3 aromatic rings. The third kappa shape index (κ3) is 3.48. The first-order valence-electron chi connectivity index (χ1n) is 8.05. The lowest BCUT2D eigenvalue weighted by molar-refractivity contribution is 0.981. The smallest absolute Gasteiger partial charge is 0.191 e. The molecule has 0 atom stereocenters. The van der Waals surface area contributed by atoms with Crippen molar-refractivity contribution in [3.8, 4) is 0 Å². The predicted octanol–water partition coefficient (Wildman–Crippen LogP) is 2.46. The van der Waals surface area contributed by atoms with Crippen LogP contribution in [-0.2, 0) is 12.8 Å². The van der Waals surface area contributed by atoms with Gasteiger partial charge in [-0.2, -0.15) is 0 Å². The van der Waals surface area contributed by atoms with Gasteiger partial charge in [0.15, 0.2) is 5.96 Å². The minimum atomic E-state index is 0.0733. The molecule has 5 N–H and O–H groups in total. The molecule has 0 bridgehead atoms. The molecule has 0 aliphatic carbocycles. The van der Waals surface area contributed by atoms with E-state index in [1.165, 1.54) is 5.56 Å². The molecule has 2 heterocycles. The van der Waals surface area contributed by atoms with E-state index in [2.05, 4.69) is 26.6 Å². The lowest BCUT2D eigenvalue weighted by Gasteiger charge is -2.08. The number of benzene rings is 1. The maximum atomic E-state index is 5.38. The zero-order valence-electron chi connectivity index (χ0n) is 13.7. The molecule has 6 heteroatoms. The van der Waals surface area contributed by atoms with Crippen molar-refractivity contribution in [2.45, 2.75) is 19.8 Å². The highest BCUT2D eigenvalue weighted by molar-refractivity contribution is 5.78. The predicted molar refractivity (Wildman–Crippen MR) is 98.7 cm³/mol. The molecule has 3 rings (SSSR count). The van der Waals surface area contributed by atoms with Crippen molar-refractivity contribution in [1.82, 2.24) is 9.38 Å². The Hall–Kier alpha value is -3.02. The summed E-state index contributed by atoms with van der Waals surface area (Å²) in [5.74, 6) is 1.15. The summed E-state index contributed by atoms with van der Waals surface area (Å²) < 4.78 is 2.10. The second-order valence-electron chi connectivity index (χ2n) is 5.57. The first kappa shape index (κ1) is 15.9. The summed E-state index contributed by atoms with van der Waals surface area (Å²) in [6.07, 6.45) is 3.84. The Morgan fingerprint density at radius 3 is 2.67 bits per heavy atom. The number of fused-ring (bicyclic) bond motifs is 1. The van der Waals surface area contributed by atoms with Crippen molar-refractivity contribution in [2.24, 2.45) is 16.5 Å². The second kappa shape index (κ2) is 7.04. The normalized spacial score (nSPS) is 10.7. The van der Waals surface area contributed by atoms with Crippen LogP contribution in [0.25, 0.3) is 5.65 Å². The Kier molecular flexibility index (Phi) is 4.65. The van der Waals surface area contributed by atoms with Gasteiger partial charge in [-0.25, -0.2) is 9.98 Å². The maximum Gasteiger partial charge on any atom is 0.191 e. The van der Waals surface area contributed by atoms with Gasteiger partial charge < -0.3 is 16.8 Å². The number of rotatable bonds is 6. The number of aromatic nitrogens is 2. The lowest BCUT2D eigenvalue weighted by atomic mass is 10.1. The highest BCUT2D eigenvalue weighted by atomic mass is 15.1. The largest absolute Gasteiger partial charge is 0.370 e. The van der Waals surface area contributed by atoms with E-state index < -0.39 is 0 Å². The number of nitrogens with two attached hydrogens (primary N) is 2. The topological polar surface area (TPSA) is 93.7 Å². The van der Waals surface area contributed by atoms with Gasteiger partial charge in [-0.05, 0) is 42.7 Å². The van der Waals surface area contributed by atoms with Crippen molar-refractivity contribution < 1.29 is 0 Å². The highest BCUT2D eigenvalue weighted by Crippen LogP contribution is 2.19. The molecule has 0 aliphatic rings. The summed E-state index contributed by atoms with van der Waals surface area (Å²) in [4.78, 5) is 8.68. The Morgan fingerprint density at radius 2 is 1.96 bits per heavy atom. The average Bonchev–Trinajstić information content (AvgIpc) is 2.94. The van der Waals surface area contributed by atoms with Crippen molar-refractivity contribution in [3.63, 3.8) is 0 Å². The number of imidazole rings is 1. The Morgan fingerprint density at radius 1 is 1.17 bits per heavy atom. The molecular weight excluding hydrogens is 300 g/mol. The van der Waals surface area contributed by atoms with Crippen molar-refractivity contribution in [2.75, 3.05) is 11.9 Å². The van der Waals surface area contributed by atoms with Crippen molar-refractivity contribution in [3.05, 3.63) is 59.9 Å². The Labute approximate surface area is 141 Å². The van der Waals surface area contributed by atoms with E-state index in [1.54, 1.807) is 0 Å².